The van der Waals surface area contributed by atoms with Gasteiger partial charge in [0.2, 0.25) is 0 Å². The van der Waals surface area contributed by atoms with Crippen molar-refractivity contribution in [2.45, 2.75) is 18.8 Å². The lowest BCUT2D eigenvalue weighted by molar-refractivity contribution is 0.0699. The molecule has 0 spiro atoms. The van der Waals surface area contributed by atoms with E-state index in [1.807, 2.05) is 10.3 Å². The molecule has 0 saturated carbocycles. The molecule has 0 radical (unpaired) electrons. The predicted octanol–water partition coefficient (Wildman–Crippen LogP) is 1.54. The molecule has 3 heterocycles. The molecular weight excluding hydrogens is 274 g/mol. The Labute approximate surface area is 120 Å². The molecule has 2 aromatic heterocycles. The highest BCUT2D eigenvalue weighted by atomic mass is 32.1. The first kappa shape index (κ1) is 13.0. The number of aromatic nitrogens is 3. The fourth-order valence-corrected chi connectivity index (χ4v) is 3.11. The summed E-state index contributed by atoms with van der Waals surface area (Å²) < 4.78 is 0. The van der Waals surface area contributed by atoms with E-state index in [1.54, 1.807) is 6.20 Å². The maximum atomic E-state index is 12.4. The van der Waals surface area contributed by atoms with Gasteiger partial charge >= 0.3 is 0 Å². The molecule has 6 nitrogen and oxygen atoms in total. The monoisotopic (exact) mass is 289 g/mol. The summed E-state index contributed by atoms with van der Waals surface area (Å²) in [5.41, 5.74) is 7.06. The van der Waals surface area contributed by atoms with Crippen LogP contribution in [0, 0.1) is 0 Å². The van der Waals surface area contributed by atoms with Crippen molar-refractivity contribution in [3.8, 4) is 0 Å². The first-order valence-corrected chi connectivity index (χ1v) is 7.38. The number of carbonyl (C=O) groups excluding carboxylic acids is 1. The molecule has 1 atom stereocenters. The second-order valence-electron chi connectivity index (χ2n) is 4.79. The number of hydrogen-bond donors (Lipinski definition) is 1. The highest BCUT2D eigenvalue weighted by molar-refractivity contribution is 7.13. The van der Waals surface area contributed by atoms with E-state index in [4.69, 9.17) is 5.73 Å². The lowest BCUT2D eigenvalue weighted by Gasteiger charge is -2.31. The molecule has 3 rings (SSSR count). The highest BCUT2D eigenvalue weighted by Gasteiger charge is 2.27. The molecule has 20 heavy (non-hydrogen) atoms. The Morgan fingerprint density at radius 3 is 3.05 bits per heavy atom. The number of anilines is 1. The predicted molar refractivity (Wildman–Crippen MR) is 76.4 cm³/mol. The minimum atomic E-state index is -0.0639. The molecule has 1 aliphatic rings. The van der Waals surface area contributed by atoms with Crippen molar-refractivity contribution in [2.24, 2.45) is 0 Å². The summed E-state index contributed by atoms with van der Waals surface area (Å²) in [4.78, 5) is 26.5. The summed E-state index contributed by atoms with van der Waals surface area (Å²) in [5.74, 6) is 0.198. The van der Waals surface area contributed by atoms with Crippen molar-refractivity contribution in [1.82, 2.24) is 19.9 Å². The van der Waals surface area contributed by atoms with Gasteiger partial charge in [-0.25, -0.2) is 9.97 Å². The first-order valence-electron chi connectivity index (χ1n) is 6.50. The standard InChI is InChI=1S/C13H15N5OS/c14-13-17-11(8-20-13)9-2-1-5-18(7-9)12(19)10-6-15-3-4-16-10/h3-4,6,8-9H,1-2,5,7H2,(H2,14,17)/t9-/m0/s1. The van der Waals surface area contributed by atoms with Gasteiger partial charge in [-0.05, 0) is 12.8 Å². The van der Waals surface area contributed by atoms with Gasteiger partial charge in [-0.15, -0.1) is 11.3 Å². The number of thiazole rings is 1. The van der Waals surface area contributed by atoms with Crippen molar-refractivity contribution in [3.63, 3.8) is 0 Å². The maximum absolute atomic E-state index is 12.4. The zero-order valence-electron chi connectivity index (χ0n) is 10.9. The van der Waals surface area contributed by atoms with Gasteiger partial charge in [-0.2, -0.15) is 0 Å². The second-order valence-corrected chi connectivity index (χ2v) is 5.68. The summed E-state index contributed by atoms with van der Waals surface area (Å²) in [7, 11) is 0. The van der Waals surface area contributed by atoms with Gasteiger partial charge in [-0.1, -0.05) is 0 Å². The van der Waals surface area contributed by atoms with Crippen LogP contribution in [0.25, 0.3) is 0 Å². The number of likely N-dealkylation sites (tertiary alicyclic amines) is 1. The number of piperidine rings is 1. The van der Waals surface area contributed by atoms with Crippen LogP contribution in [0.3, 0.4) is 0 Å². The van der Waals surface area contributed by atoms with E-state index in [1.165, 1.54) is 23.7 Å². The summed E-state index contributed by atoms with van der Waals surface area (Å²) in [6.45, 7) is 1.42. The summed E-state index contributed by atoms with van der Waals surface area (Å²) in [6.07, 6.45) is 6.61. The van der Waals surface area contributed by atoms with Gasteiger partial charge in [0.1, 0.15) is 5.69 Å². The molecule has 0 aromatic carbocycles. The summed E-state index contributed by atoms with van der Waals surface area (Å²) >= 11 is 1.44. The number of hydrogen-bond acceptors (Lipinski definition) is 6. The van der Waals surface area contributed by atoms with Crippen molar-refractivity contribution >= 4 is 22.4 Å². The topological polar surface area (TPSA) is 85.0 Å². The van der Waals surface area contributed by atoms with Gasteiger partial charge in [0.05, 0.1) is 11.9 Å². The van der Waals surface area contributed by atoms with Crippen LogP contribution in [0.15, 0.2) is 24.0 Å². The van der Waals surface area contributed by atoms with E-state index in [2.05, 4.69) is 15.0 Å². The van der Waals surface area contributed by atoms with Crippen LogP contribution in [-0.4, -0.2) is 38.8 Å². The number of nitrogens with zero attached hydrogens (tertiary/aromatic N) is 4. The van der Waals surface area contributed by atoms with Crippen molar-refractivity contribution < 1.29 is 4.79 Å². The Morgan fingerprint density at radius 1 is 1.45 bits per heavy atom. The third kappa shape index (κ3) is 2.62. The molecule has 1 amide bonds. The van der Waals surface area contributed by atoms with Gasteiger partial charge in [0, 0.05) is 36.8 Å². The van der Waals surface area contributed by atoms with E-state index in [0.29, 0.717) is 17.4 Å². The lowest BCUT2D eigenvalue weighted by atomic mass is 9.95. The largest absolute Gasteiger partial charge is 0.375 e. The Balaban J connectivity index is 1.74. The molecule has 1 aliphatic heterocycles. The zero-order valence-corrected chi connectivity index (χ0v) is 11.7. The summed E-state index contributed by atoms with van der Waals surface area (Å²) in [6, 6.07) is 0. The number of rotatable bonds is 2. The van der Waals surface area contributed by atoms with E-state index in [0.717, 1.165) is 25.1 Å². The third-order valence-electron chi connectivity index (χ3n) is 3.45. The Bertz CT molecular complexity index is 600. The van der Waals surface area contributed by atoms with Gasteiger partial charge < -0.3 is 10.6 Å². The molecule has 0 unspecified atom stereocenters. The third-order valence-corrected chi connectivity index (χ3v) is 4.14. The van der Waals surface area contributed by atoms with Crippen LogP contribution in [0.2, 0.25) is 0 Å². The molecule has 0 bridgehead atoms. The Kier molecular flexibility index (Phi) is 3.60. The highest BCUT2D eigenvalue weighted by Crippen LogP contribution is 2.29. The van der Waals surface area contributed by atoms with E-state index in [-0.39, 0.29) is 11.8 Å². The Morgan fingerprint density at radius 2 is 2.35 bits per heavy atom. The van der Waals surface area contributed by atoms with Crippen molar-refractivity contribution in [2.75, 3.05) is 18.8 Å². The van der Waals surface area contributed by atoms with E-state index >= 15 is 0 Å². The van der Waals surface area contributed by atoms with Crippen LogP contribution in [0.5, 0.6) is 0 Å². The fraction of sp³-hybridized carbons (Fsp3) is 0.385. The van der Waals surface area contributed by atoms with Crippen LogP contribution in [0.4, 0.5) is 5.13 Å². The van der Waals surface area contributed by atoms with Crippen LogP contribution < -0.4 is 5.73 Å². The zero-order chi connectivity index (χ0) is 13.9. The molecule has 2 aromatic rings. The van der Waals surface area contributed by atoms with E-state index < -0.39 is 0 Å². The maximum Gasteiger partial charge on any atom is 0.274 e. The second kappa shape index (κ2) is 5.54. The quantitative estimate of drug-likeness (QED) is 0.906. The number of amides is 1. The first-order chi connectivity index (χ1) is 9.74. The molecule has 2 N–H and O–H groups in total. The minimum Gasteiger partial charge on any atom is -0.375 e. The normalized spacial score (nSPS) is 19.0. The number of nitrogen functional groups attached to an aromatic ring is 1. The smallest absolute Gasteiger partial charge is 0.274 e. The van der Waals surface area contributed by atoms with Crippen LogP contribution in [0.1, 0.15) is 34.9 Å². The Hall–Kier alpha value is -2.02. The lowest BCUT2D eigenvalue weighted by Crippen LogP contribution is -2.39. The van der Waals surface area contributed by atoms with Crippen LogP contribution in [-0.2, 0) is 0 Å². The van der Waals surface area contributed by atoms with Crippen molar-refractivity contribution in [1.29, 1.82) is 0 Å². The molecule has 1 saturated heterocycles. The minimum absolute atomic E-state index is 0.0639. The van der Waals surface area contributed by atoms with Gasteiger partial charge in [0.25, 0.3) is 5.91 Å². The molecule has 7 heteroatoms. The SMILES string of the molecule is Nc1nc([C@H]2CCCN(C(=O)c3cnccn3)C2)cs1. The van der Waals surface area contributed by atoms with E-state index in [9.17, 15) is 4.79 Å². The number of nitrogens with two attached hydrogens (primary N) is 1. The average Bonchev–Trinajstić information content (AvgIpc) is 2.94. The number of carbonyl (C=O) groups is 1. The van der Waals surface area contributed by atoms with Gasteiger partial charge in [-0.3, -0.25) is 9.78 Å². The average molecular weight is 289 g/mol. The van der Waals surface area contributed by atoms with Crippen molar-refractivity contribution in [3.05, 3.63) is 35.4 Å². The fourth-order valence-electron chi connectivity index (χ4n) is 2.46. The van der Waals surface area contributed by atoms with Gasteiger partial charge in [0.15, 0.2) is 5.13 Å². The molecule has 104 valence electrons. The molecule has 0 aliphatic carbocycles. The summed E-state index contributed by atoms with van der Waals surface area (Å²) in [5, 5.41) is 2.56. The molecule has 1 fully saturated rings. The van der Waals surface area contributed by atoms with Crippen LogP contribution >= 0.6 is 11.3 Å². The molecular formula is C13H15N5OS.